The van der Waals surface area contributed by atoms with Crippen molar-refractivity contribution in [1.82, 2.24) is 14.8 Å². The van der Waals surface area contributed by atoms with Crippen LogP contribution in [0.3, 0.4) is 0 Å². The third kappa shape index (κ3) is 1.78. The Morgan fingerprint density at radius 3 is 2.42 bits per heavy atom. The number of hydrogen-bond acceptors (Lipinski definition) is 2. The van der Waals surface area contributed by atoms with Crippen molar-refractivity contribution in [3.05, 3.63) is 11.6 Å². The molecular weight excluding hydrogens is 174 g/mol. The van der Waals surface area contributed by atoms with Crippen LogP contribution in [0.4, 0.5) is 0 Å². The van der Waals surface area contributed by atoms with E-state index in [1.165, 1.54) is 0 Å². The Labute approximate surface area is 77.8 Å². The van der Waals surface area contributed by atoms with E-state index in [4.69, 9.17) is 11.6 Å². The van der Waals surface area contributed by atoms with Gasteiger partial charge in [-0.2, -0.15) is 0 Å². The highest BCUT2D eigenvalue weighted by atomic mass is 35.5. The van der Waals surface area contributed by atoms with E-state index >= 15 is 0 Å². The van der Waals surface area contributed by atoms with Gasteiger partial charge in [0.05, 0.1) is 0 Å². The molecular formula is C8H14ClN3. The quantitative estimate of drug-likeness (QED) is 0.677. The first kappa shape index (κ1) is 9.52. The minimum Gasteiger partial charge on any atom is -0.301 e. The number of rotatable bonds is 1. The molecule has 0 bridgehead atoms. The highest BCUT2D eigenvalue weighted by molar-refractivity contribution is 6.28. The zero-order valence-electron chi connectivity index (χ0n) is 7.87. The van der Waals surface area contributed by atoms with Gasteiger partial charge >= 0.3 is 0 Å². The Balaban J connectivity index is 2.92. The van der Waals surface area contributed by atoms with Crippen LogP contribution in [0.1, 0.15) is 33.7 Å². The second-order valence-electron chi connectivity index (χ2n) is 4.05. The molecule has 0 spiro atoms. The molecule has 0 radical (unpaired) electrons. The summed E-state index contributed by atoms with van der Waals surface area (Å²) in [6.07, 6.45) is 1.66. The molecule has 1 aromatic rings. The minimum absolute atomic E-state index is 0.173. The van der Waals surface area contributed by atoms with E-state index in [2.05, 4.69) is 37.9 Å². The molecule has 0 fully saturated rings. The molecule has 1 rings (SSSR count). The largest absolute Gasteiger partial charge is 0.301 e. The molecule has 0 aliphatic rings. The molecule has 12 heavy (non-hydrogen) atoms. The normalized spacial score (nSPS) is 14.8. The Kier molecular flexibility index (Phi) is 2.42. The lowest BCUT2D eigenvalue weighted by Crippen LogP contribution is -2.21. The molecule has 0 saturated heterocycles. The van der Waals surface area contributed by atoms with Crippen LogP contribution in [0.15, 0.2) is 6.33 Å². The van der Waals surface area contributed by atoms with Gasteiger partial charge in [0, 0.05) is 6.04 Å². The summed E-state index contributed by atoms with van der Waals surface area (Å²) < 4.78 is 1.88. The molecule has 1 atom stereocenters. The monoisotopic (exact) mass is 187 g/mol. The summed E-state index contributed by atoms with van der Waals surface area (Å²) in [7, 11) is 0. The molecule has 0 aliphatic carbocycles. The Bertz CT molecular complexity index is 262. The average Bonchev–Trinajstić information content (AvgIpc) is 2.31. The van der Waals surface area contributed by atoms with Crippen molar-refractivity contribution >= 4 is 11.6 Å². The van der Waals surface area contributed by atoms with Crippen LogP contribution in [0, 0.1) is 5.41 Å². The first-order chi connectivity index (χ1) is 5.43. The molecule has 0 N–H and O–H groups in total. The smallest absolute Gasteiger partial charge is 0.225 e. The summed E-state index contributed by atoms with van der Waals surface area (Å²) in [5.74, 6) is 0. The Morgan fingerprint density at radius 2 is 2.08 bits per heavy atom. The SMILES string of the molecule is CC(n1cnnc1Cl)C(C)(C)C. The summed E-state index contributed by atoms with van der Waals surface area (Å²) in [5, 5.41) is 7.92. The molecule has 0 aliphatic heterocycles. The lowest BCUT2D eigenvalue weighted by atomic mass is 9.88. The molecule has 1 heterocycles. The van der Waals surface area contributed by atoms with Crippen molar-refractivity contribution in [3.8, 4) is 0 Å². The molecule has 0 amide bonds. The number of halogens is 1. The summed E-state index contributed by atoms with van der Waals surface area (Å²) in [5.41, 5.74) is 0.173. The molecule has 0 aromatic carbocycles. The van der Waals surface area contributed by atoms with Crippen LogP contribution >= 0.6 is 11.6 Å². The fourth-order valence-electron chi connectivity index (χ4n) is 0.905. The molecule has 68 valence electrons. The molecule has 3 nitrogen and oxygen atoms in total. The molecule has 1 aromatic heterocycles. The Morgan fingerprint density at radius 1 is 1.50 bits per heavy atom. The van der Waals surface area contributed by atoms with Gasteiger partial charge in [-0.3, -0.25) is 0 Å². The van der Waals surface area contributed by atoms with Gasteiger partial charge in [-0.05, 0) is 23.9 Å². The standard InChI is InChI=1S/C8H14ClN3/c1-6(8(2,3)4)12-5-10-11-7(12)9/h5-6H,1-4H3. The predicted octanol–water partition coefficient (Wildman–Crippen LogP) is 2.54. The topological polar surface area (TPSA) is 30.7 Å². The van der Waals surface area contributed by atoms with Gasteiger partial charge in [0.25, 0.3) is 0 Å². The minimum atomic E-state index is 0.173. The lowest BCUT2D eigenvalue weighted by Gasteiger charge is -2.28. The van der Waals surface area contributed by atoms with Gasteiger partial charge < -0.3 is 4.57 Å². The first-order valence-electron chi connectivity index (χ1n) is 3.98. The van der Waals surface area contributed by atoms with Crippen molar-refractivity contribution in [2.75, 3.05) is 0 Å². The van der Waals surface area contributed by atoms with E-state index in [1.807, 2.05) is 4.57 Å². The van der Waals surface area contributed by atoms with Gasteiger partial charge in [-0.1, -0.05) is 20.8 Å². The van der Waals surface area contributed by atoms with Crippen LogP contribution in [0.25, 0.3) is 0 Å². The summed E-state index contributed by atoms with van der Waals surface area (Å²) >= 11 is 5.83. The highest BCUT2D eigenvalue weighted by Crippen LogP contribution is 2.31. The van der Waals surface area contributed by atoms with E-state index in [-0.39, 0.29) is 5.41 Å². The zero-order valence-corrected chi connectivity index (χ0v) is 8.63. The van der Waals surface area contributed by atoms with E-state index in [0.29, 0.717) is 11.3 Å². The van der Waals surface area contributed by atoms with Crippen LogP contribution in [-0.4, -0.2) is 14.8 Å². The van der Waals surface area contributed by atoms with Gasteiger partial charge in [0.1, 0.15) is 6.33 Å². The fraction of sp³-hybridized carbons (Fsp3) is 0.750. The van der Waals surface area contributed by atoms with Crippen molar-refractivity contribution in [3.63, 3.8) is 0 Å². The fourth-order valence-corrected chi connectivity index (χ4v) is 1.14. The van der Waals surface area contributed by atoms with E-state index in [9.17, 15) is 0 Å². The third-order valence-electron chi connectivity index (χ3n) is 2.20. The highest BCUT2D eigenvalue weighted by Gasteiger charge is 2.23. The van der Waals surface area contributed by atoms with Crippen LogP contribution in [0.5, 0.6) is 0 Å². The number of aromatic nitrogens is 3. The van der Waals surface area contributed by atoms with Crippen LogP contribution in [0.2, 0.25) is 5.28 Å². The molecule has 1 unspecified atom stereocenters. The lowest BCUT2D eigenvalue weighted by molar-refractivity contribution is 0.262. The second kappa shape index (κ2) is 3.05. The van der Waals surface area contributed by atoms with Crippen LogP contribution < -0.4 is 0 Å². The van der Waals surface area contributed by atoms with Crippen molar-refractivity contribution in [2.24, 2.45) is 5.41 Å². The van der Waals surface area contributed by atoms with Gasteiger partial charge in [-0.15, -0.1) is 10.2 Å². The Hall–Kier alpha value is -0.570. The van der Waals surface area contributed by atoms with Crippen molar-refractivity contribution in [2.45, 2.75) is 33.7 Å². The zero-order chi connectivity index (χ0) is 9.35. The second-order valence-corrected chi connectivity index (χ2v) is 4.39. The maximum atomic E-state index is 5.83. The molecule has 4 heteroatoms. The number of nitrogens with zero attached hydrogens (tertiary/aromatic N) is 3. The maximum absolute atomic E-state index is 5.83. The summed E-state index contributed by atoms with van der Waals surface area (Å²) in [4.78, 5) is 0. The third-order valence-corrected chi connectivity index (χ3v) is 2.47. The van der Waals surface area contributed by atoms with E-state index < -0.39 is 0 Å². The summed E-state index contributed by atoms with van der Waals surface area (Å²) in [6.45, 7) is 8.59. The van der Waals surface area contributed by atoms with Gasteiger partial charge in [0.15, 0.2) is 0 Å². The number of hydrogen-bond donors (Lipinski definition) is 0. The average molecular weight is 188 g/mol. The molecule has 0 saturated carbocycles. The summed E-state index contributed by atoms with van der Waals surface area (Å²) in [6, 6.07) is 0.306. The van der Waals surface area contributed by atoms with Gasteiger partial charge in [0.2, 0.25) is 5.28 Å². The first-order valence-corrected chi connectivity index (χ1v) is 4.35. The van der Waals surface area contributed by atoms with Gasteiger partial charge in [-0.25, -0.2) is 0 Å². The van der Waals surface area contributed by atoms with Crippen LogP contribution in [-0.2, 0) is 0 Å². The van der Waals surface area contributed by atoms with Crippen molar-refractivity contribution in [1.29, 1.82) is 0 Å². The van der Waals surface area contributed by atoms with Crippen molar-refractivity contribution < 1.29 is 0 Å². The maximum Gasteiger partial charge on any atom is 0.225 e. The van der Waals surface area contributed by atoms with E-state index in [1.54, 1.807) is 6.33 Å². The predicted molar refractivity (Wildman–Crippen MR) is 49.2 cm³/mol. The van der Waals surface area contributed by atoms with E-state index in [0.717, 1.165) is 0 Å².